The van der Waals surface area contributed by atoms with Gasteiger partial charge in [0.1, 0.15) is 11.8 Å². The minimum Gasteiger partial charge on any atom is -0.382 e. The Kier molecular flexibility index (Phi) is 1.60. The molecule has 5 heteroatoms. The lowest BCUT2D eigenvalue weighted by Crippen LogP contribution is -1.97. The average Bonchev–Trinajstić information content (AvgIpc) is 2.51. The fraction of sp³-hybridized carbons (Fsp3) is 0.125. The predicted molar refractivity (Wildman–Crippen MR) is 48.6 cm³/mol. The number of rotatable bonds is 1. The summed E-state index contributed by atoms with van der Waals surface area (Å²) in [6, 6.07) is 0. The van der Waals surface area contributed by atoms with Crippen molar-refractivity contribution >= 4 is 17.0 Å². The van der Waals surface area contributed by atoms with Crippen LogP contribution in [0.25, 0.3) is 11.2 Å². The van der Waals surface area contributed by atoms with Gasteiger partial charge in [0, 0.05) is 0 Å². The number of hydrogen-bond acceptors (Lipinski definition) is 4. The third kappa shape index (κ3) is 1.08. The second kappa shape index (κ2) is 2.75. The molecule has 0 unspecified atom stereocenters. The number of imidazole rings is 1. The first-order chi connectivity index (χ1) is 6.33. The summed E-state index contributed by atoms with van der Waals surface area (Å²) in [6.45, 7) is 0.437. The highest BCUT2D eigenvalue weighted by Gasteiger charge is 2.05. The number of nitrogen functional groups attached to an aromatic ring is 1. The molecule has 2 aromatic rings. The summed E-state index contributed by atoms with van der Waals surface area (Å²) in [4.78, 5) is 11.9. The average molecular weight is 173 g/mol. The fourth-order valence-electron chi connectivity index (χ4n) is 1.11. The van der Waals surface area contributed by atoms with Gasteiger partial charge in [-0.05, 0) is 0 Å². The monoisotopic (exact) mass is 173 g/mol. The molecule has 0 aromatic carbocycles. The molecule has 0 aliphatic heterocycles. The van der Waals surface area contributed by atoms with Crippen LogP contribution in [0.5, 0.6) is 0 Å². The molecule has 0 aliphatic carbocycles. The zero-order chi connectivity index (χ0) is 9.26. The second-order valence-corrected chi connectivity index (χ2v) is 2.51. The summed E-state index contributed by atoms with van der Waals surface area (Å²) in [6.07, 6.45) is 8.18. The standard InChI is InChI=1S/C8H7N5/c1-2-3-13-5-12-6-7(9)10-4-11-8(6)13/h1,4-5H,3H2,(H2,9,10,11). The van der Waals surface area contributed by atoms with Crippen LogP contribution in [0.4, 0.5) is 5.82 Å². The van der Waals surface area contributed by atoms with Gasteiger partial charge in [-0.15, -0.1) is 6.42 Å². The van der Waals surface area contributed by atoms with Gasteiger partial charge < -0.3 is 10.3 Å². The molecule has 0 radical (unpaired) electrons. The van der Waals surface area contributed by atoms with Crippen molar-refractivity contribution in [1.82, 2.24) is 19.5 Å². The molecule has 2 rings (SSSR count). The fourth-order valence-corrected chi connectivity index (χ4v) is 1.11. The number of hydrogen-bond donors (Lipinski definition) is 1. The summed E-state index contributed by atoms with van der Waals surface area (Å²) < 4.78 is 1.74. The Hall–Kier alpha value is -2.09. The molecule has 0 fully saturated rings. The molecule has 2 heterocycles. The Bertz CT molecular complexity index is 479. The van der Waals surface area contributed by atoms with Crippen molar-refractivity contribution in [2.45, 2.75) is 6.54 Å². The molecule has 0 atom stereocenters. The molecular formula is C8H7N5. The van der Waals surface area contributed by atoms with E-state index in [0.717, 1.165) is 0 Å². The van der Waals surface area contributed by atoms with Crippen LogP contribution in [0, 0.1) is 12.3 Å². The van der Waals surface area contributed by atoms with Crippen molar-refractivity contribution in [3.63, 3.8) is 0 Å². The minimum absolute atomic E-state index is 0.376. The van der Waals surface area contributed by atoms with Gasteiger partial charge >= 0.3 is 0 Å². The Morgan fingerprint density at radius 2 is 2.31 bits per heavy atom. The lowest BCUT2D eigenvalue weighted by atomic mass is 10.5. The van der Waals surface area contributed by atoms with Crippen molar-refractivity contribution in [3.8, 4) is 12.3 Å². The molecule has 2 aromatic heterocycles. The summed E-state index contributed by atoms with van der Waals surface area (Å²) in [5.41, 5.74) is 6.85. The van der Waals surface area contributed by atoms with E-state index in [2.05, 4.69) is 20.9 Å². The van der Waals surface area contributed by atoms with Gasteiger partial charge in [-0.1, -0.05) is 5.92 Å². The van der Waals surface area contributed by atoms with Gasteiger partial charge in [-0.2, -0.15) is 0 Å². The Morgan fingerprint density at radius 1 is 1.46 bits per heavy atom. The van der Waals surface area contributed by atoms with Gasteiger partial charge in [0.25, 0.3) is 0 Å². The molecule has 2 N–H and O–H groups in total. The van der Waals surface area contributed by atoms with E-state index in [1.165, 1.54) is 6.33 Å². The molecule has 64 valence electrons. The molecule has 0 spiro atoms. The van der Waals surface area contributed by atoms with Crippen molar-refractivity contribution in [2.24, 2.45) is 0 Å². The first-order valence-corrected chi connectivity index (χ1v) is 3.67. The molecular weight excluding hydrogens is 166 g/mol. The predicted octanol–water partition coefficient (Wildman–Crippen LogP) is 0.0417. The number of aromatic nitrogens is 4. The quantitative estimate of drug-likeness (QED) is 0.618. The summed E-state index contributed by atoms with van der Waals surface area (Å²) >= 11 is 0. The normalized spacial score (nSPS) is 10.1. The highest BCUT2D eigenvalue weighted by molar-refractivity contribution is 5.81. The third-order valence-electron chi connectivity index (χ3n) is 1.69. The van der Waals surface area contributed by atoms with Crippen LogP contribution in [-0.4, -0.2) is 19.5 Å². The van der Waals surface area contributed by atoms with Crippen LogP contribution in [-0.2, 0) is 6.54 Å². The maximum Gasteiger partial charge on any atom is 0.166 e. The Labute approximate surface area is 74.6 Å². The van der Waals surface area contributed by atoms with Crippen molar-refractivity contribution < 1.29 is 0 Å². The van der Waals surface area contributed by atoms with Gasteiger partial charge in [0.15, 0.2) is 11.5 Å². The first-order valence-electron chi connectivity index (χ1n) is 3.67. The largest absolute Gasteiger partial charge is 0.382 e. The van der Waals surface area contributed by atoms with E-state index in [9.17, 15) is 0 Å². The van der Waals surface area contributed by atoms with Crippen LogP contribution in [0.15, 0.2) is 12.7 Å². The van der Waals surface area contributed by atoms with Crippen LogP contribution >= 0.6 is 0 Å². The van der Waals surface area contributed by atoms with Crippen molar-refractivity contribution in [1.29, 1.82) is 0 Å². The van der Waals surface area contributed by atoms with Crippen LogP contribution in [0.2, 0.25) is 0 Å². The van der Waals surface area contributed by atoms with E-state index in [1.54, 1.807) is 10.9 Å². The number of nitrogens with zero attached hydrogens (tertiary/aromatic N) is 4. The lowest BCUT2D eigenvalue weighted by Gasteiger charge is -1.96. The number of anilines is 1. The first kappa shape index (κ1) is 7.55. The summed E-state index contributed by atoms with van der Waals surface area (Å²) in [7, 11) is 0. The smallest absolute Gasteiger partial charge is 0.166 e. The van der Waals surface area contributed by atoms with Gasteiger partial charge in [0.05, 0.1) is 12.9 Å². The number of fused-ring (bicyclic) bond motifs is 1. The van der Waals surface area contributed by atoms with Crippen LogP contribution in [0.1, 0.15) is 0 Å². The molecule has 0 saturated carbocycles. The Morgan fingerprint density at radius 3 is 3.08 bits per heavy atom. The third-order valence-corrected chi connectivity index (χ3v) is 1.69. The molecule has 13 heavy (non-hydrogen) atoms. The van der Waals surface area contributed by atoms with Crippen LogP contribution < -0.4 is 5.73 Å². The zero-order valence-electron chi connectivity index (χ0n) is 6.81. The molecule has 0 amide bonds. The van der Waals surface area contributed by atoms with Gasteiger partial charge in [-0.25, -0.2) is 15.0 Å². The Balaban J connectivity index is 2.70. The maximum absolute atomic E-state index is 5.59. The summed E-state index contributed by atoms with van der Waals surface area (Å²) in [5.74, 6) is 2.88. The van der Waals surface area contributed by atoms with Crippen molar-refractivity contribution in [2.75, 3.05) is 5.73 Å². The van der Waals surface area contributed by atoms with Crippen LogP contribution in [0.3, 0.4) is 0 Å². The topological polar surface area (TPSA) is 69.6 Å². The zero-order valence-corrected chi connectivity index (χ0v) is 6.81. The van der Waals surface area contributed by atoms with Gasteiger partial charge in [-0.3, -0.25) is 0 Å². The summed E-state index contributed by atoms with van der Waals surface area (Å²) in [5, 5.41) is 0. The van der Waals surface area contributed by atoms with E-state index < -0.39 is 0 Å². The molecule has 0 saturated heterocycles. The molecule has 5 nitrogen and oxygen atoms in total. The highest BCUT2D eigenvalue weighted by Crippen LogP contribution is 2.13. The molecule has 0 bridgehead atoms. The second-order valence-electron chi connectivity index (χ2n) is 2.51. The number of terminal acetylenes is 1. The lowest BCUT2D eigenvalue weighted by molar-refractivity contribution is 0.857. The molecule has 0 aliphatic rings. The van der Waals surface area contributed by atoms with Gasteiger partial charge in [0.2, 0.25) is 0 Å². The highest BCUT2D eigenvalue weighted by atomic mass is 15.1. The van der Waals surface area contributed by atoms with E-state index in [4.69, 9.17) is 12.2 Å². The maximum atomic E-state index is 5.59. The minimum atomic E-state index is 0.376. The van der Waals surface area contributed by atoms with E-state index in [0.29, 0.717) is 23.5 Å². The van der Waals surface area contributed by atoms with E-state index in [1.807, 2.05) is 0 Å². The van der Waals surface area contributed by atoms with E-state index >= 15 is 0 Å². The number of nitrogens with two attached hydrogens (primary N) is 1. The SMILES string of the molecule is C#CCn1cnc2c(N)ncnc21. The van der Waals surface area contributed by atoms with E-state index in [-0.39, 0.29) is 0 Å². The van der Waals surface area contributed by atoms with Crippen molar-refractivity contribution in [3.05, 3.63) is 12.7 Å².